The van der Waals surface area contributed by atoms with Crippen LogP contribution >= 0.6 is 15.9 Å². The molecule has 3 rings (SSSR count). The second-order valence-corrected chi connectivity index (χ2v) is 5.88. The first-order chi connectivity index (χ1) is 9.49. The van der Waals surface area contributed by atoms with Gasteiger partial charge in [0.15, 0.2) is 0 Å². The Morgan fingerprint density at radius 2 is 2.10 bits per heavy atom. The molecule has 2 heterocycles. The van der Waals surface area contributed by atoms with Crippen LogP contribution in [0.5, 0.6) is 0 Å². The molecular weight excluding hydrogens is 326 g/mol. The van der Waals surface area contributed by atoms with E-state index < -0.39 is 12.4 Å². The van der Waals surface area contributed by atoms with Gasteiger partial charge in [0.25, 0.3) is 0 Å². The Morgan fingerprint density at radius 1 is 1.35 bits per heavy atom. The first kappa shape index (κ1) is 13.4. The Kier molecular flexibility index (Phi) is 3.18. The Hall–Kier alpha value is -1.60. The highest BCUT2D eigenvalue weighted by molar-refractivity contribution is 9.10. The minimum atomic E-state index is -0.914. The highest BCUT2D eigenvalue weighted by atomic mass is 79.9. The van der Waals surface area contributed by atoms with Crippen molar-refractivity contribution < 1.29 is 14.7 Å². The smallest absolute Gasteiger partial charge is 0.249 e. The molecule has 1 aromatic carbocycles. The average molecular weight is 340 g/mol. The molecule has 1 fully saturated rings. The number of nitrogens with zero attached hydrogens (tertiary/aromatic N) is 2. The van der Waals surface area contributed by atoms with Crippen molar-refractivity contribution in [2.24, 2.45) is 0 Å². The molecule has 2 amide bonds. The molecule has 1 aromatic rings. The largest absolute Gasteiger partial charge is 0.356 e. The number of fused-ring (bicyclic) bond motifs is 1. The molecule has 20 heavy (non-hydrogen) atoms. The van der Waals surface area contributed by atoms with Gasteiger partial charge in [-0.2, -0.15) is 0 Å². The normalized spacial score (nSPS) is 25.8. The van der Waals surface area contributed by atoms with Crippen LogP contribution in [0.3, 0.4) is 0 Å². The van der Waals surface area contributed by atoms with Crippen molar-refractivity contribution in [2.75, 3.05) is 16.8 Å². The molecule has 7 heteroatoms. The number of anilines is 2. The molecule has 1 saturated heterocycles. The van der Waals surface area contributed by atoms with Gasteiger partial charge in [-0.15, -0.1) is 0 Å². The topological polar surface area (TPSA) is 72.9 Å². The highest BCUT2D eigenvalue weighted by Gasteiger charge is 2.41. The third-order valence-electron chi connectivity index (χ3n) is 3.74. The van der Waals surface area contributed by atoms with E-state index in [2.05, 4.69) is 21.2 Å². The van der Waals surface area contributed by atoms with Crippen molar-refractivity contribution in [1.82, 2.24) is 5.32 Å². The molecule has 0 radical (unpaired) electrons. The maximum Gasteiger partial charge on any atom is 0.249 e. The quantitative estimate of drug-likeness (QED) is 0.740. The summed E-state index contributed by atoms with van der Waals surface area (Å²) in [6.45, 7) is 0. The second-order valence-electron chi connectivity index (χ2n) is 4.96. The van der Waals surface area contributed by atoms with E-state index in [9.17, 15) is 14.7 Å². The van der Waals surface area contributed by atoms with Gasteiger partial charge >= 0.3 is 0 Å². The second kappa shape index (κ2) is 4.75. The zero-order chi connectivity index (χ0) is 14.4. The Balaban J connectivity index is 1.99. The van der Waals surface area contributed by atoms with Gasteiger partial charge in [-0.25, -0.2) is 0 Å². The molecule has 0 aromatic heterocycles. The summed E-state index contributed by atoms with van der Waals surface area (Å²) in [7, 11) is 1.77. The summed E-state index contributed by atoms with van der Waals surface area (Å²) in [4.78, 5) is 26.6. The Morgan fingerprint density at radius 3 is 2.80 bits per heavy atom. The predicted molar refractivity (Wildman–Crippen MR) is 77.2 cm³/mol. The molecule has 0 saturated carbocycles. The van der Waals surface area contributed by atoms with Crippen molar-refractivity contribution in [3.05, 3.63) is 22.7 Å². The van der Waals surface area contributed by atoms with Gasteiger partial charge in [0.05, 0.1) is 11.4 Å². The van der Waals surface area contributed by atoms with Crippen LogP contribution in [0.2, 0.25) is 0 Å². The van der Waals surface area contributed by atoms with E-state index in [4.69, 9.17) is 0 Å². The van der Waals surface area contributed by atoms with Crippen LogP contribution in [0.25, 0.3) is 0 Å². The van der Waals surface area contributed by atoms with Crippen LogP contribution in [0, 0.1) is 0 Å². The molecule has 2 aliphatic heterocycles. The summed E-state index contributed by atoms with van der Waals surface area (Å²) < 4.78 is 0.903. The first-order valence-electron chi connectivity index (χ1n) is 6.31. The summed E-state index contributed by atoms with van der Waals surface area (Å²) in [5, 5.41) is 12.7. The molecule has 2 atom stereocenters. The molecule has 0 aliphatic carbocycles. The van der Waals surface area contributed by atoms with Crippen molar-refractivity contribution in [3.63, 3.8) is 0 Å². The number of carbonyl (C=O) groups is 2. The number of hydrogen-bond donors (Lipinski definition) is 2. The minimum absolute atomic E-state index is 0.260. The average Bonchev–Trinajstić information content (AvgIpc) is 2.63. The fourth-order valence-electron chi connectivity index (χ4n) is 2.71. The van der Waals surface area contributed by atoms with Gasteiger partial charge in [-0.3, -0.25) is 14.9 Å². The molecule has 0 bridgehead atoms. The molecule has 6 nitrogen and oxygen atoms in total. The highest BCUT2D eigenvalue weighted by Crippen LogP contribution is 2.41. The van der Waals surface area contributed by atoms with Gasteiger partial charge < -0.3 is 14.9 Å². The number of aliphatic hydroxyl groups excluding tert-OH is 1. The minimum Gasteiger partial charge on any atom is -0.356 e. The fourth-order valence-corrected chi connectivity index (χ4v) is 3.06. The molecular formula is C13H14BrN3O3. The summed E-state index contributed by atoms with van der Waals surface area (Å²) >= 11 is 3.40. The van der Waals surface area contributed by atoms with Gasteiger partial charge in [0.2, 0.25) is 18.2 Å². The number of imide groups is 1. The molecule has 2 unspecified atom stereocenters. The summed E-state index contributed by atoms with van der Waals surface area (Å²) in [5.41, 5.74) is 1.63. The molecule has 2 N–H and O–H groups in total. The van der Waals surface area contributed by atoms with Crippen molar-refractivity contribution >= 4 is 39.1 Å². The zero-order valence-corrected chi connectivity index (χ0v) is 12.4. The maximum atomic E-state index is 12.0. The molecule has 2 aliphatic rings. The van der Waals surface area contributed by atoms with Gasteiger partial charge in [-0.05, 0) is 24.6 Å². The van der Waals surface area contributed by atoms with Crippen molar-refractivity contribution in [2.45, 2.75) is 25.2 Å². The number of nitrogens with one attached hydrogen (secondary N) is 1. The zero-order valence-electron chi connectivity index (χ0n) is 10.8. The summed E-state index contributed by atoms with van der Waals surface area (Å²) in [6, 6.07) is 5.08. The lowest BCUT2D eigenvalue weighted by Crippen LogP contribution is -2.56. The lowest BCUT2D eigenvalue weighted by Gasteiger charge is -2.34. The number of piperidine rings is 1. The van der Waals surface area contributed by atoms with Gasteiger partial charge in [0.1, 0.15) is 6.04 Å². The lowest BCUT2D eigenvalue weighted by atomic mass is 10.0. The summed E-state index contributed by atoms with van der Waals surface area (Å²) in [6.07, 6.45) is -0.219. The maximum absolute atomic E-state index is 12.0. The van der Waals surface area contributed by atoms with E-state index in [1.807, 2.05) is 18.2 Å². The standard InChI is InChI=1S/C13H14BrN3O3/c1-16-10-6-7(14)2-3-8(10)17(13(16)20)9-4-5-11(18)15-12(9)19/h2-3,6,9,13,20H,4-5H2,1H3,(H,15,18,19). The lowest BCUT2D eigenvalue weighted by molar-refractivity contribution is -0.134. The number of hydrogen-bond acceptors (Lipinski definition) is 5. The Labute approximate surface area is 124 Å². The number of halogens is 1. The van der Waals surface area contributed by atoms with E-state index in [-0.39, 0.29) is 18.2 Å². The molecule has 0 spiro atoms. The van der Waals surface area contributed by atoms with E-state index in [1.54, 1.807) is 16.8 Å². The number of amides is 2. The van der Waals surface area contributed by atoms with E-state index in [0.717, 1.165) is 15.8 Å². The number of carbonyl (C=O) groups excluding carboxylic acids is 2. The monoisotopic (exact) mass is 339 g/mol. The van der Waals surface area contributed by atoms with Gasteiger partial charge in [0, 0.05) is 17.9 Å². The number of rotatable bonds is 1. The van der Waals surface area contributed by atoms with Crippen LogP contribution in [0.4, 0.5) is 11.4 Å². The van der Waals surface area contributed by atoms with E-state index in [0.29, 0.717) is 6.42 Å². The van der Waals surface area contributed by atoms with E-state index >= 15 is 0 Å². The number of benzene rings is 1. The van der Waals surface area contributed by atoms with Crippen LogP contribution in [0.15, 0.2) is 22.7 Å². The third kappa shape index (κ3) is 1.97. The number of aliphatic hydroxyl groups is 1. The summed E-state index contributed by atoms with van der Waals surface area (Å²) in [5.74, 6) is -0.617. The third-order valence-corrected chi connectivity index (χ3v) is 4.23. The first-order valence-corrected chi connectivity index (χ1v) is 7.11. The van der Waals surface area contributed by atoms with E-state index in [1.165, 1.54) is 0 Å². The van der Waals surface area contributed by atoms with Crippen molar-refractivity contribution in [3.8, 4) is 0 Å². The predicted octanol–water partition coefficient (Wildman–Crippen LogP) is 0.786. The van der Waals surface area contributed by atoms with Crippen molar-refractivity contribution in [1.29, 1.82) is 0 Å². The van der Waals surface area contributed by atoms with Crippen LogP contribution in [-0.4, -0.2) is 36.4 Å². The van der Waals surface area contributed by atoms with Crippen LogP contribution in [0.1, 0.15) is 12.8 Å². The van der Waals surface area contributed by atoms with Crippen LogP contribution < -0.4 is 15.1 Å². The van der Waals surface area contributed by atoms with Crippen LogP contribution in [-0.2, 0) is 9.59 Å². The van der Waals surface area contributed by atoms with Gasteiger partial charge in [-0.1, -0.05) is 15.9 Å². The molecule has 106 valence electrons. The SMILES string of the molecule is CN1c2cc(Br)ccc2N(C2CCC(=O)NC2=O)C1O. The fraction of sp³-hybridized carbons (Fsp3) is 0.385. The Bertz CT molecular complexity index is 592.